The van der Waals surface area contributed by atoms with E-state index in [1.165, 1.54) is 12.1 Å². The summed E-state index contributed by atoms with van der Waals surface area (Å²) in [6.07, 6.45) is -4.78. The highest BCUT2D eigenvalue weighted by Gasteiger charge is 2.33. The molecule has 1 heterocycles. The van der Waals surface area contributed by atoms with Crippen LogP contribution in [0.2, 0.25) is 5.02 Å². The predicted octanol–water partition coefficient (Wildman–Crippen LogP) is 5.22. The van der Waals surface area contributed by atoms with Gasteiger partial charge in [-0.25, -0.2) is 8.78 Å². The van der Waals surface area contributed by atoms with Gasteiger partial charge >= 0.3 is 6.18 Å². The topological polar surface area (TPSA) is 114 Å². The zero-order valence-corrected chi connectivity index (χ0v) is 24.5. The number of halogens is 6. The average Bonchev–Trinajstić information content (AvgIpc) is 2.93. The summed E-state index contributed by atoms with van der Waals surface area (Å²) in [5.74, 6) is -4.18. The maximum Gasteiger partial charge on any atom is 0.390 e. The Morgan fingerprint density at radius 1 is 1.16 bits per heavy atom. The monoisotopic (exact) mass is 628 g/mol. The van der Waals surface area contributed by atoms with Crippen molar-refractivity contribution in [1.29, 1.82) is 5.26 Å². The molecule has 1 unspecified atom stereocenters. The fraction of sp³-hybridized carbons (Fsp3) is 0.483. The van der Waals surface area contributed by atoms with Crippen LogP contribution in [0.3, 0.4) is 0 Å². The standard InChI is InChI=1S/C29H34ClF5N6O2/c1-17(2)13-20-16-41(12-11-40(20)10-8-29(33,34)35)24-14-19(30)4-6-23(24)39-27(42)21-5-3-18(25(31)26(21)32)15-38-28(43)22(37)7-9-36/h3-6,14,17,20,22H,7-8,10-13,15-16,37H2,1-2H3,(H,38,43)(H,39,42)/t20-,22?/m0/s1. The molecule has 0 spiro atoms. The number of nitrogens with one attached hydrogen (secondary N) is 2. The van der Waals surface area contributed by atoms with Crippen molar-refractivity contribution >= 4 is 34.8 Å². The molecule has 0 saturated carbocycles. The molecule has 3 rings (SSSR count). The van der Waals surface area contributed by atoms with Crippen molar-refractivity contribution in [3.05, 3.63) is 58.1 Å². The minimum atomic E-state index is -4.27. The van der Waals surface area contributed by atoms with Crippen LogP contribution in [0.15, 0.2) is 30.3 Å². The number of rotatable bonds is 11. The summed E-state index contributed by atoms with van der Waals surface area (Å²) in [4.78, 5) is 28.7. The van der Waals surface area contributed by atoms with Crippen LogP contribution in [0.1, 0.15) is 49.0 Å². The Kier molecular flexibility index (Phi) is 11.7. The predicted molar refractivity (Wildman–Crippen MR) is 154 cm³/mol. The van der Waals surface area contributed by atoms with Gasteiger partial charge in [0, 0.05) is 49.4 Å². The van der Waals surface area contributed by atoms with Crippen molar-refractivity contribution in [2.24, 2.45) is 11.7 Å². The van der Waals surface area contributed by atoms with E-state index in [-0.39, 0.29) is 36.2 Å². The van der Waals surface area contributed by atoms with E-state index < -0.39 is 54.2 Å². The number of carbonyl (C=O) groups excluding carboxylic acids is 2. The fourth-order valence-corrected chi connectivity index (χ4v) is 5.08. The zero-order valence-electron chi connectivity index (χ0n) is 23.8. The quantitative estimate of drug-likeness (QED) is 0.294. The molecule has 0 bridgehead atoms. The highest BCUT2D eigenvalue weighted by Crippen LogP contribution is 2.33. The van der Waals surface area contributed by atoms with Gasteiger partial charge < -0.3 is 21.3 Å². The highest BCUT2D eigenvalue weighted by atomic mass is 35.5. The molecule has 43 heavy (non-hydrogen) atoms. The molecule has 2 aromatic carbocycles. The summed E-state index contributed by atoms with van der Waals surface area (Å²) < 4.78 is 68.6. The smallest absolute Gasteiger partial charge is 0.367 e. The van der Waals surface area contributed by atoms with Gasteiger partial charge in [-0.1, -0.05) is 31.5 Å². The first kappa shape index (κ1) is 34.0. The van der Waals surface area contributed by atoms with Crippen LogP contribution >= 0.6 is 11.6 Å². The molecule has 234 valence electrons. The number of benzene rings is 2. The fourth-order valence-electron chi connectivity index (χ4n) is 4.91. The van der Waals surface area contributed by atoms with Gasteiger partial charge in [0.25, 0.3) is 5.91 Å². The van der Waals surface area contributed by atoms with Crippen molar-refractivity contribution in [1.82, 2.24) is 10.2 Å². The van der Waals surface area contributed by atoms with E-state index in [0.717, 1.165) is 12.1 Å². The van der Waals surface area contributed by atoms with Crippen LogP contribution in [-0.4, -0.2) is 61.2 Å². The van der Waals surface area contributed by atoms with Crippen LogP contribution in [0.5, 0.6) is 0 Å². The third-order valence-electron chi connectivity index (χ3n) is 7.09. The summed E-state index contributed by atoms with van der Waals surface area (Å²) >= 11 is 6.25. The maximum atomic E-state index is 15.0. The lowest BCUT2D eigenvalue weighted by Gasteiger charge is -2.43. The zero-order chi connectivity index (χ0) is 31.9. The molecule has 14 heteroatoms. The molecular weight excluding hydrogens is 595 g/mol. The molecule has 1 aliphatic rings. The van der Waals surface area contributed by atoms with Gasteiger partial charge in [-0.2, -0.15) is 18.4 Å². The molecule has 8 nitrogen and oxygen atoms in total. The van der Waals surface area contributed by atoms with Crippen LogP contribution in [0, 0.1) is 28.9 Å². The van der Waals surface area contributed by atoms with Crippen LogP contribution in [-0.2, 0) is 11.3 Å². The molecule has 0 aliphatic carbocycles. The number of carbonyl (C=O) groups is 2. The Labute approximate surface area is 251 Å². The van der Waals surface area contributed by atoms with E-state index >= 15 is 0 Å². The molecule has 1 aliphatic heterocycles. The van der Waals surface area contributed by atoms with Crippen molar-refractivity contribution < 1.29 is 31.5 Å². The van der Waals surface area contributed by atoms with Gasteiger partial charge in [-0.15, -0.1) is 0 Å². The minimum absolute atomic E-state index is 0.120. The Hall–Kier alpha value is -3.47. The third kappa shape index (κ3) is 9.51. The Morgan fingerprint density at radius 3 is 2.53 bits per heavy atom. The second-order valence-corrected chi connectivity index (χ2v) is 11.3. The third-order valence-corrected chi connectivity index (χ3v) is 7.32. The van der Waals surface area contributed by atoms with Crippen molar-refractivity contribution in [2.75, 3.05) is 36.4 Å². The van der Waals surface area contributed by atoms with Gasteiger partial charge in [0.05, 0.1) is 41.9 Å². The summed E-state index contributed by atoms with van der Waals surface area (Å²) in [6.45, 7) is 4.54. The van der Waals surface area contributed by atoms with E-state index in [9.17, 15) is 31.5 Å². The number of hydrogen-bond donors (Lipinski definition) is 3. The molecule has 0 aromatic heterocycles. The van der Waals surface area contributed by atoms with Gasteiger partial charge in [0.15, 0.2) is 11.6 Å². The first-order chi connectivity index (χ1) is 20.2. The molecular formula is C29H34ClF5N6O2. The number of hydrogen-bond acceptors (Lipinski definition) is 6. The minimum Gasteiger partial charge on any atom is -0.367 e. The van der Waals surface area contributed by atoms with E-state index in [4.69, 9.17) is 22.6 Å². The summed E-state index contributed by atoms with van der Waals surface area (Å²) in [6, 6.07) is 7.31. The number of piperazine rings is 1. The number of nitrogens with two attached hydrogens (primary N) is 1. The first-order valence-electron chi connectivity index (χ1n) is 13.7. The molecule has 2 amide bonds. The highest BCUT2D eigenvalue weighted by molar-refractivity contribution is 6.31. The maximum absolute atomic E-state index is 15.0. The first-order valence-corrected chi connectivity index (χ1v) is 14.1. The Balaban J connectivity index is 1.78. The number of nitriles is 1. The van der Waals surface area contributed by atoms with Gasteiger partial charge in [0.2, 0.25) is 5.91 Å². The lowest BCUT2D eigenvalue weighted by atomic mass is 9.99. The average molecular weight is 629 g/mol. The van der Waals surface area contributed by atoms with Gasteiger partial charge in [-0.3, -0.25) is 14.5 Å². The molecule has 0 radical (unpaired) electrons. The van der Waals surface area contributed by atoms with Crippen molar-refractivity contribution in [2.45, 2.75) is 57.9 Å². The Morgan fingerprint density at radius 2 is 1.88 bits per heavy atom. The summed E-state index contributed by atoms with van der Waals surface area (Å²) in [5, 5.41) is 13.9. The van der Waals surface area contributed by atoms with Crippen LogP contribution < -0.4 is 21.3 Å². The van der Waals surface area contributed by atoms with E-state index in [1.54, 1.807) is 12.1 Å². The molecule has 4 N–H and O–H groups in total. The SMILES string of the molecule is CC(C)C[C@H]1CN(c2cc(Cl)ccc2NC(=O)c2ccc(CNC(=O)C(N)CC#N)c(F)c2F)CCN1CCC(F)(F)F. The normalized spacial score (nSPS) is 16.6. The summed E-state index contributed by atoms with van der Waals surface area (Å²) in [5.41, 5.74) is 5.49. The van der Waals surface area contributed by atoms with Crippen LogP contribution in [0.25, 0.3) is 0 Å². The lowest BCUT2D eigenvalue weighted by Crippen LogP contribution is -2.54. The van der Waals surface area contributed by atoms with E-state index in [0.29, 0.717) is 36.8 Å². The van der Waals surface area contributed by atoms with E-state index in [2.05, 4.69) is 10.6 Å². The molecule has 2 aromatic rings. The lowest BCUT2D eigenvalue weighted by molar-refractivity contribution is -0.139. The molecule has 2 atom stereocenters. The van der Waals surface area contributed by atoms with Gasteiger partial charge in [0.1, 0.15) is 0 Å². The number of alkyl halides is 3. The van der Waals surface area contributed by atoms with Gasteiger partial charge in [-0.05, 0) is 36.6 Å². The number of amides is 2. The van der Waals surface area contributed by atoms with Crippen molar-refractivity contribution in [3.8, 4) is 6.07 Å². The molecule has 1 fully saturated rings. The second-order valence-electron chi connectivity index (χ2n) is 10.8. The second kappa shape index (κ2) is 14.8. The van der Waals surface area contributed by atoms with Crippen LogP contribution in [0.4, 0.5) is 33.3 Å². The number of nitrogens with zero attached hydrogens (tertiary/aromatic N) is 3. The largest absolute Gasteiger partial charge is 0.390 e. The Bertz CT molecular complexity index is 1350. The van der Waals surface area contributed by atoms with E-state index in [1.807, 2.05) is 23.6 Å². The van der Waals surface area contributed by atoms with Crippen molar-refractivity contribution in [3.63, 3.8) is 0 Å². The number of anilines is 2. The summed E-state index contributed by atoms with van der Waals surface area (Å²) in [7, 11) is 0. The molecule has 1 saturated heterocycles.